The zero-order valence-corrected chi connectivity index (χ0v) is 10.9. The zero-order chi connectivity index (χ0) is 12.3. The van der Waals surface area contributed by atoms with Gasteiger partial charge >= 0.3 is 0 Å². The van der Waals surface area contributed by atoms with E-state index in [4.69, 9.17) is 5.26 Å². The summed E-state index contributed by atoms with van der Waals surface area (Å²) in [6, 6.07) is 3.63. The number of rotatable bonds is 1. The van der Waals surface area contributed by atoms with E-state index in [0.29, 0.717) is 12.1 Å². The Morgan fingerprint density at radius 3 is 3.06 bits per heavy atom. The van der Waals surface area contributed by atoms with Crippen molar-refractivity contribution in [2.45, 2.75) is 25.3 Å². The van der Waals surface area contributed by atoms with Crippen molar-refractivity contribution in [3.05, 3.63) is 28.5 Å². The third kappa shape index (κ3) is 2.64. The molecule has 0 N–H and O–H groups in total. The molecule has 0 bridgehead atoms. The number of aromatic nitrogens is 1. The standard InChI is InChI=1S/C12H12BrN3O/c13-10-5-9(7-15-8-10)12(17)16-4-2-1-3-11(16)6-14/h5,7-8,11H,1-4H2. The lowest BCUT2D eigenvalue weighted by Crippen LogP contribution is -2.42. The van der Waals surface area contributed by atoms with Crippen LogP contribution >= 0.6 is 15.9 Å². The van der Waals surface area contributed by atoms with Crippen molar-refractivity contribution in [2.75, 3.05) is 6.54 Å². The quantitative estimate of drug-likeness (QED) is 0.799. The monoisotopic (exact) mass is 293 g/mol. The van der Waals surface area contributed by atoms with E-state index in [1.165, 1.54) is 6.20 Å². The number of carbonyl (C=O) groups excluding carboxylic acids is 1. The fourth-order valence-corrected chi connectivity index (χ4v) is 2.37. The summed E-state index contributed by atoms with van der Waals surface area (Å²) in [7, 11) is 0. The molecule has 1 atom stereocenters. The van der Waals surface area contributed by atoms with Gasteiger partial charge in [-0.2, -0.15) is 5.26 Å². The number of piperidine rings is 1. The van der Waals surface area contributed by atoms with Crippen molar-refractivity contribution in [3.63, 3.8) is 0 Å². The third-order valence-electron chi connectivity index (χ3n) is 2.86. The first-order valence-corrected chi connectivity index (χ1v) is 6.33. The molecule has 4 nitrogen and oxygen atoms in total. The first-order chi connectivity index (χ1) is 8.22. The molecule has 17 heavy (non-hydrogen) atoms. The molecule has 0 radical (unpaired) electrons. The van der Waals surface area contributed by atoms with Crippen LogP contribution in [-0.4, -0.2) is 28.4 Å². The molecular weight excluding hydrogens is 282 g/mol. The van der Waals surface area contributed by atoms with Gasteiger partial charge in [-0.1, -0.05) is 0 Å². The highest BCUT2D eigenvalue weighted by Gasteiger charge is 2.27. The fourth-order valence-electron chi connectivity index (χ4n) is 2.00. The van der Waals surface area contributed by atoms with Gasteiger partial charge in [0.05, 0.1) is 11.6 Å². The number of nitriles is 1. The lowest BCUT2D eigenvalue weighted by atomic mass is 10.0. The van der Waals surface area contributed by atoms with Gasteiger partial charge in [-0.25, -0.2) is 0 Å². The average molecular weight is 294 g/mol. The lowest BCUT2D eigenvalue weighted by molar-refractivity contribution is 0.0670. The van der Waals surface area contributed by atoms with Gasteiger partial charge in [-0.3, -0.25) is 9.78 Å². The molecule has 1 fully saturated rings. The van der Waals surface area contributed by atoms with Crippen molar-refractivity contribution in [1.82, 2.24) is 9.88 Å². The van der Waals surface area contributed by atoms with Crippen LogP contribution in [-0.2, 0) is 0 Å². The Balaban J connectivity index is 2.22. The Hall–Kier alpha value is -1.41. The number of hydrogen-bond acceptors (Lipinski definition) is 3. The van der Waals surface area contributed by atoms with Crippen LogP contribution in [0.5, 0.6) is 0 Å². The summed E-state index contributed by atoms with van der Waals surface area (Å²) >= 11 is 3.29. The predicted molar refractivity (Wildman–Crippen MR) is 66.2 cm³/mol. The van der Waals surface area contributed by atoms with Crippen LogP contribution < -0.4 is 0 Å². The van der Waals surface area contributed by atoms with Crippen LogP contribution in [0.25, 0.3) is 0 Å². The Kier molecular flexibility index (Phi) is 3.75. The SMILES string of the molecule is N#CC1CCCCN1C(=O)c1cncc(Br)c1. The molecule has 2 rings (SSSR count). The minimum atomic E-state index is -0.296. The smallest absolute Gasteiger partial charge is 0.256 e. The van der Waals surface area contributed by atoms with Gasteiger partial charge in [0.15, 0.2) is 0 Å². The average Bonchev–Trinajstić information content (AvgIpc) is 2.38. The van der Waals surface area contributed by atoms with E-state index < -0.39 is 0 Å². The van der Waals surface area contributed by atoms with Gasteiger partial charge in [-0.05, 0) is 41.3 Å². The molecule has 1 aliphatic heterocycles. The first-order valence-electron chi connectivity index (χ1n) is 5.53. The van der Waals surface area contributed by atoms with E-state index >= 15 is 0 Å². The summed E-state index contributed by atoms with van der Waals surface area (Å²) in [6.45, 7) is 0.656. The summed E-state index contributed by atoms with van der Waals surface area (Å²) in [5.41, 5.74) is 0.529. The van der Waals surface area contributed by atoms with E-state index in [0.717, 1.165) is 23.7 Å². The maximum Gasteiger partial charge on any atom is 0.256 e. The summed E-state index contributed by atoms with van der Waals surface area (Å²) in [5, 5.41) is 9.04. The second kappa shape index (κ2) is 5.28. The van der Waals surface area contributed by atoms with Crippen LogP contribution in [0.4, 0.5) is 0 Å². The number of pyridine rings is 1. The molecule has 0 saturated carbocycles. The van der Waals surface area contributed by atoms with Crippen molar-refractivity contribution >= 4 is 21.8 Å². The van der Waals surface area contributed by atoms with Gasteiger partial charge in [0.2, 0.25) is 0 Å². The maximum absolute atomic E-state index is 12.2. The summed E-state index contributed by atoms with van der Waals surface area (Å²) in [5.74, 6) is -0.106. The number of hydrogen-bond donors (Lipinski definition) is 0. The highest BCUT2D eigenvalue weighted by Crippen LogP contribution is 2.20. The van der Waals surface area contributed by atoms with Gasteiger partial charge in [0, 0.05) is 23.4 Å². The Labute approximate surface area is 108 Å². The molecule has 0 spiro atoms. The molecule has 0 aromatic carbocycles. The molecule has 1 unspecified atom stereocenters. The van der Waals surface area contributed by atoms with Crippen molar-refractivity contribution in [2.24, 2.45) is 0 Å². The molecule has 1 saturated heterocycles. The lowest BCUT2D eigenvalue weighted by Gasteiger charge is -2.31. The molecule has 2 heterocycles. The fraction of sp³-hybridized carbons (Fsp3) is 0.417. The van der Waals surface area contributed by atoms with Crippen molar-refractivity contribution in [1.29, 1.82) is 5.26 Å². The minimum Gasteiger partial charge on any atom is -0.323 e. The molecule has 1 aliphatic rings. The van der Waals surface area contributed by atoms with Crippen LogP contribution in [0.1, 0.15) is 29.6 Å². The molecule has 88 valence electrons. The number of halogens is 1. The van der Waals surface area contributed by atoms with Crippen molar-refractivity contribution < 1.29 is 4.79 Å². The normalized spacial score (nSPS) is 19.8. The van der Waals surface area contributed by atoms with Crippen molar-refractivity contribution in [3.8, 4) is 6.07 Å². The van der Waals surface area contributed by atoms with Gasteiger partial charge in [0.25, 0.3) is 5.91 Å². The molecule has 1 amide bonds. The third-order valence-corrected chi connectivity index (χ3v) is 3.30. The van der Waals surface area contributed by atoms with Crippen LogP contribution in [0.3, 0.4) is 0 Å². The Morgan fingerprint density at radius 2 is 2.35 bits per heavy atom. The Bertz CT molecular complexity index is 469. The maximum atomic E-state index is 12.2. The van der Waals surface area contributed by atoms with Gasteiger partial charge in [-0.15, -0.1) is 0 Å². The number of amides is 1. The number of likely N-dealkylation sites (tertiary alicyclic amines) is 1. The molecule has 1 aromatic rings. The Morgan fingerprint density at radius 1 is 1.53 bits per heavy atom. The minimum absolute atomic E-state index is 0.106. The molecule has 5 heteroatoms. The number of nitrogens with zero attached hydrogens (tertiary/aromatic N) is 3. The van der Waals surface area contributed by atoms with E-state index in [2.05, 4.69) is 27.0 Å². The first kappa shape index (κ1) is 12.1. The highest BCUT2D eigenvalue weighted by molar-refractivity contribution is 9.10. The van der Waals surface area contributed by atoms with Crippen LogP contribution in [0.15, 0.2) is 22.9 Å². The summed E-state index contributed by atoms with van der Waals surface area (Å²) < 4.78 is 0.772. The van der Waals surface area contributed by atoms with Gasteiger partial charge < -0.3 is 4.90 Å². The number of carbonyl (C=O) groups is 1. The highest BCUT2D eigenvalue weighted by atomic mass is 79.9. The van der Waals surface area contributed by atoms with E-state index in [1.54, 1.807) is 17.2 Å². The van der Waals surface area contributed by atoms with E-state index in [-0.39, 0.29) is 11.9 Å². The summed E-state index contributed by atoms with van der Waals surface area (Å²) in [4.78, 5) is 17.9. The topological polar surface area (TPSA) is 57.0 Å². The second-order valence-electron chi connectivity index (χ2n) is 4.03. The molecular formula is C12H12BrN3O. The molecule has 0 aliphatic carbocycles. The predicted octanol–water partition coefficient (Wildman–Crippen LogP) is 2.36. The summed E-state index contributed by atoms with van der Waals surface area (Å²) in [6.07, 6.45) is 5.92. The zero-order valence-electron chi connectivity index (χ0n) is 9.27. The van der Waals surface area contributed by atoms with E-state index in [9.17, 15) is 4.79 Å². The van der Waals surface area contributed by atoms with E-state index in [1.807, 2.05) is 0 Å². The van der Waals surface area contributed by atoms with Gasteiger partial charge in [0.1, 0.15) is 6.04 Å². The second-order valence-corrected chi connectivity index (χ2v) is 4.95. The molecule has 1 aromatic heterocycles. The van der Waals surface area contributed by atoms with Crippen LogP contribution in [0.2, 0.25) is 0 Å². The largest absolute Gasteiger partial charge is 0.323 e. The van der Waals surface area contributed by atoms with Crippen LogP contribution in [0, 0.1) is 11.3 Å².